The van der Waals surface area contributed by atoms with Crippen LogP contribution in [0.5, 0.6) is 5.75 Å². The van der Waals surface area contributed by atoms with E-state index in [0.29, 0.717) is 13.0 Å². The molecule has 0 bridgehead atoms. The number of carbonyl (C=O) groups is 1. The van der Waals surface area contributed by atoms with Crippen molar-refractivity contribution in [2.75, 3.05) is 6.54 Å². The number of aliphatic hydroxyl groups excluding tert-OH is 1. The van der Waals surface area contributed by atoms with Crippen LogP contribution in [0.2, 0.25) is 0 Å². The lowest BCUT2D eigenvalue weighted by Crippen LogP contribution is -2.41. The summed E-state index contributed by atoms with van der Waals surface area (Å²) >= 11 is 0. The third kappa shape index (κ3) is 3.94. The number of amides is 1. The van der Waals surface area contributed by atoms with Gasteiger partial charge >= 0.3 is 0 Å². The van der Waals surface area contributed by atoms with Gasteiger partial charge in [-0.05, 0) is 38.3 Å². The molecule has 116 valence electrons. The quantitative estimate of drug-likeness (QED) is 0.901. The zero-order valence-corrected chi connectivity index (χ0v) is 12.3. The summed E-state index contributed by atoms with van der Waals surface area (Å²) in [6.07, 6.45) is 3.79. The molecule has 1 aromatic carbocycles. The van der Waals surface area contributed by atoms with E-state index < -0.39 is 11.9 Å². The van der Waals surface area contributed by atoms with Crippen molar-refractivity contribution in [3.8, 4) is 5.75 Å². The van der Waals surface area contributed by atoms with Gasteiger partial charge in [-0.3, -0.25) is 4.79 Å². The molecule has 1 amide bonds. The molecular formula is C16H22FNO3. The number of benzene rings is 1. The Morgan fingerprint density at radius 3 is 2.86 bits per heavy atom. The molecule has 0 spiro atoms. The van der Waals surface area contributed by atoms with Crippen molar-refractivity contribution in [1.29, 1.82) is 0 Å². The number of hydrogen-bond donors (Lipinski definition) is 2. The maximum absolute atomic E-state index is 13.9. The van der Waals surface area contributed by atoms with Crippen molar-refractivity contribution < 1.29 is 19.4 Å². The monoisotopic (exact) mass is 295 g/mol. The zero-order valence-electron chi connectivity index (χ0n) is 12.3. The molecule has 1 heterocycles. The average molecular weight is 295 g/mol. The van der Waals surface area contributed by atoms with Crippen LogP contribution in [0, 0.1) is 5.82 Å². The van der Waals surface area contributed by atoms with Crippen LogP contribution in [-0.4, -0.2) is 39.7 Å². The highest BCUT2D eigenvalue weighted by Gasteiger charge is 2.28. The molecule has 1 saturated heterocycles. The highest BCUT2D eigenvalue weighted by molar-refractivity contribution is 5.94. The maximum Gasteiger partial charge on any atom is 0.257 e. The van der Waals surface area contributed by atoms with E-state index in [1.165, 1.54) is 12.1 Å². The van der Waals surface area contributed by atoms with E-state index in [1.54, 1.807) is 11.8 Å². The summed E-state index contributed by atoms with van der Waals surface area (Å²) in [5, 5.41) is 18.9. The third-order valence-corrected chi connectivity index (χ3v) is 3.93. The molecule has 1 aliphatic heterocycles. The summed E-state index contributed by atoms with van der Waals surface area (Å²) in [4.78, 5) is 14.3. The van der Waals surface area contributed by atoms with E-state index in [2.05, 4.69) is 0 Å². The van der Waals surface area contributed by atoms with Crippen LogP contribution in [0.3, 0.4) is 0 Å². The molecule has 4 nitrogen and oxygen atoms in total. The Bertz CT molecular complexity index is 504. The fourth-order valence-corrected chi connectivity index (χ4v) is 2.92. The fourth-order valence-electron chi connectivity index (χ4n) is 2.92. The Balaban J connectivity index is 2.24. The van der Waals surface area contributed by atoms with Gasteiger partial charge in [-0.15, -0.1) is 0 Å². The van der Waals surface area contributed by atoms with E-state index in [1.807, 2.05) is 0 Å². The van der Waals surface area contributed by atoms with E-state index in [0.717, 1.165) is 31.7 Å². The Labute approximate surface area is 124 Å². The van der Waals surface area contributed by atoms with Crippen molar-refractivity contribution in [3.63, 3.8) is 0 Å². The van der Waals surface area contributed by atoms with Crippen LogP contribution in [-0.2, 0) is 0 Å². The first-order valence-corrected chi connectivity index (χ1v) is 7.46. The summed E-state index contributed by atoms with van der Waals surface area (Å²) in [6, 6.07) is 3.53. The SMILES string of the molecule is CC(O)CC1CCCCCN1C(=O)c1ccc(O)cc1F. The number of aromatic hydroxyl groups is 1. The molecule has 0 aliphatic carbocycles. The van der Waals surface area contributed by atoms with Crippen molar-refractivity contribution >= 4 is 5.91 Å². The Hall–Kier alpha value is -1.62. The van der Waals surface area contributed by atoms with Gasteiger partial charge in [0.1, 0.15) is 11.6 Å². The second-order valence-electron chi connectivity index (χ2n) is 5.75. The zero-order chi connectivity index (χ0) is 15.4. The highest BCUT2D eigenvalue weighted by Crippen LogP contribution is 2.24. The molecule has 1 fully saturated rings. The number of likely N-dealkylation sites (tertiary alicyclic amines) is 1. The lowest BCUT2D eigenvalue weighted by atomic mass is 10.0. The minimum absolute atomic E-state index is 0.0229. The number of hydrogen-bond acceptors (Lipinski definition) is 3. The molecular weight excluding hydrogens is 273 g/mol. The van der Waals surface area contributed by atoms with Crippen LogP contribution >= 0.6 is 0 Å². The number of nitrogens with zero attached hydrogens (tertiary/aromatic N) is 1. The molecule has 5 heteroatoms. The first kappa shape index (κ1) is 15.8. The van der Waals surface area contributed by atoms with Gasteiger partial charge in [0.15, 0.2) is 0 Å². The number of phenolic OH excluding ortho intramolecular Hbond substituents is 1. The molecule has 1 aromatic rings. The van der Waals surface area contributed by atoms with Gasteiger partial charge in [0.25, 0.3) is 5.91 Å². The average Bonchev–Trinajstić information content (AvgIpc) is 2.63. The van der Waals surface area contributed by atoms with Crippen LogP contribution < -0.4 is 0 Å². The Morgan fingerprint density at radius 2 is 2.19 bits per heavy atom. The van der Waals surface area contributed by atoms with Crippen LogP contribution in [0.15, 0.2) is 18.2 Å². The van der Waals surface area contributed by atoms with Crippen molar-refractivity contribution in [2.24, 2.45) is 0 Å². The number of carbonyl (C=O) groups excluding carboxylic acids is 1. The smallest absolute Gasteiger partial charge is 0.257 e. The van der Waals surface area contributed by atoms with Crippen LogP contribution in [0.4, 0.5) is 4.39 Å². The predicted octanol–water partition coefficient (Wildman–Crippen LogP) is 2.69. The summed E-state index contributed by atoms with van der Waals surface area (Å²) in [6.45, 7) is 2.28. The second kappa shape index (κ2) is 6.89. The molecule has 2 N–H and O–H groups in total. The van der Waals surface area contributed by atoms with Gasteiger partial charge in [0.2, 0.25) is 0 Å². The van der Waals surface area contributed by atoms with E-state index >= 15 is 0 Å². The Kier molecular flexibility index (Phi) is 5.17. The van der Waals surface area contributed by atoms with Gasteiger partial charge in [-0.2, -0.15) is 0 Å². The van der Waals surface area contributed by atoms with E-state index in [9.17, 15) is 19.4 Å². The van der Waals surface area contributed by atoms with Crippen molar-refractivity contribution in [2.45, 2.75) is 51.2 Å². The molecule has 2 rings (SSSR count). The normalized spacial score (nSPS) is 20.9. The molecule has 2 unspecified atom stereocenters. The summed E-state index contributed by atoms with van der Waals surface area (Å²) < 4.78 is 13.9. The standard InChI is InChI=1S/C16H22FNO3/c1-11(19)9-12-5-3-2-4-8-18(12)16(21)14-7-6-13(20)10-15(14)17/h6-7,10-12,19-20H,2-5,8-9H2,1H3. The lowest BCUT2D eigenvalue weighted by Gasteiger charge is -2.31. The summed E-state index contributed by atoms with van der Waals surface area (Å²) in [5.41, 5.74) is -0.0229. The van der Waals surface area contributed by atoms with Crippen molar-refractivity contribution in [1.82, 2.24) is 4.90 Å². The van der Waals surface area contributed by atoms with Crippen LogP contribution in [0.1, 0.15) is 49.4 Å². The molecule has 0 aromatic heterocycles. The highest BCUT2D eigenvalue weighted by atomic mass is 19.1. The van der Waals surface area contributed by atoms with E-state index in [4.69, 9.17) is 0 Å². The first-order valence-electron chi connectivity index (χ1n) is 7.46. The summed E-state index contributed by atoms with van der Waals surface area (Å²) in [7, 11) is 0. The lowest BCUT2D eigenvalue weighted by molar-refractivity contribution is 0.0602. The molecule has 2 atom stereocenters. The van der Waals surface area contributed by atoms with Gasteiger partial charge in [0, 0.05) is 18.7 Å². The molecule has 1 aliphatic rings. The predicted molar refractivity (Wildman–Crippen MR) is 77.7 cm³/mol. The van der Waals surface area contributed by atoms with Crippen molar-refractivity contribution in [3.05, 3.63) is 29.6 Å². The number of aliphatic hydroxyl groups is 1. The number of halogens is 1. The van der Waals surface area contributed by atoms with E-state index in [-0.39, 0.29) is 23.3 Å². The largest absolute Gasteiger partial charge is 0.508 e. The van der Waals surface area contributed by atoms with Gasteiger partial charge in [0.05, 0.1) is 11.7 Å². The molecule has 0 saturated carbocycles. The second-order valence-corrected chi connectivity index (χ2v) is 5.75. The summed E-state index contributed by atoms with van der Waals surface area (Å²) in [5.74, 6) is -1.26. The minimum atomic E-state index is -0.708. The van der Waals surface area contributed by atoms with Gasteiger partial charge in [-0.25, -0.2) is 4.39 Å². The van der Waals surface area contributed by atoms with Gasteiger partial charge < -0.3 is 15.1 Å². The maximum atomic E-state index is 13.9. The topological polar surface area (TPSA) is 60.8 Å². The Morgan fingerprint density at radius 1 is 1.43 bits per heavy atom. The first-order chi connectivity index (χ1) is 9.99. The minimum Gasteiger partial charge on any atom is -0.508 e. The fraction of sp³-hybridized carbons (Fsp3) is 0.562. The number of rotatable bonds is 3. The number of phenols is 1. The van der Waals surface area contributed by atoms with Crippen LogP contribution in [0.25, 0.3) is 0 Å². The van der Waals surface area contributed by atoms with Gasteiger partial charge in [-0.1, -0.05) is 12.8 Å². The molecule has 0 radical (unpaired) electrons. The third-order valence-electron chi connectivity index (χ3n) is 3.93. The molecule has 21 heavy (non-hydrogen) atoms.